The quantitative estimate of drug-likeness (QED) is 0.864. The first-order valence-corrected chi connectivity index (χ1v) is 8.95. The lowest BCUT2D eigenvalue weighted by molar-refractivity contribution is 0.597. The van der Waals surface area contributed by atoms with E-state index in [9.17, 15) is 16.8 Å². The van der Waals surface area contributed by atoms with Gasteiger partial charge in [-0.15, -0.1) is 0 Å². The van der Waals surface area contributed by atoms with E-state index in [4.69, 9.17) is 0 Å². The molecule has 0 bridgehead atoms. The Morgan fingerprint density at radius 3 is 2.22 bits per heavy atom. The summed E-state index contributed by atoms with van der Waals surface area (Å²) in [4.78, 5) is 0.0205. The molecule has 0 unspecified atom stereocenters. The number of sulfonamides is 1. The van der Waals surface area contributed by atoms with E-state index in [1.54, 1.807) is 19.1 Å². The van der Waals surface area contributed by atoms with E-state index in [1.807, 2.05) is 0 Å². The third-order valence-electron chi connectivity index (χ3n) is 2.34. The van der Waals surface area contributed by atoms with E-state index in [0.29, 0.717) is 6.42 Å². The number of rotatable bonds is 6. The van der Waals surface area contributed by atoms with Gasteiger partial charge in [-0.2, -0.15) is 0 Å². The summed E-state index contributed by atoms with van der Waals surface area (Å²) < 4.78 is 49.3. The first-order chi connectivity index (χ1) is 8.32. The molecule has 0 saturated heterocycles. The maximum atomic E-state index is 11.8. The average molecular weight is 291 g/mol. The second kappa shape index (κ2) is 5.71. The summed E-state index contributed by atoms with van der Waals surface area (Å²) in [5, 5.41) is 0. The normalized spacial score (nSPS) is 12.3. The Morgan fingerprint density at radius 1 is 1.06 bits per heavy atom. The molecule has 1 N–H and O–H groups in total. The number of nitrogens with one attached hydrogen (secondary N) is 1. The van der Waals surface area contributed by atoms with Gasteiger partial charge in [0.15, 0.2) is 9.84 Å². The van der Waals surface area contributed by atoms with Crippen LogP contribution < -0.4 is 4.72 Å². The fourth-order valence-corrected chi connectivity index (χ4v) is 3.73. The number of hydrogen-bond acceptors (Lipinski definition) is 4. The zero-order valence-electron chi connectivity index (χ0n) is 10.4. The van der Waals surface area contributed by atoms with Crippen LogP contribution in [0.25, 0.3) is 0 Å². The fourth-order valence-electron chi connectivity index (χ4n) is 1.46. The number of anilines is 1. The SMILES string of the molecule is CCCS(=O)(=O)Nc1ccccc1S(=O)(=O)CC. The number of benzene rings is 1. The highest BCUT2D eigenvalue weighted by Gasteiger charge is 2.19. The number of para-hydroxylation sites is 1. The second-order valence-electron chi connectivity index (χ2n) is 3.82. The van der Waals surface area contributed by atoms with Crippen LogP contribution in [0.1, 0.15) is 20.3 Å². The molecule has 1 aromatic carbocycles. The van der Waals surface area contributed by atoms with Gasteiger partial charge in [-0.25, -0.2) is 16.8 Å². The highest BCUT2D eigenvalue weighted by molar-refractivity contribution is 7.93. The third-order valence-corrected chi connectivity index (χ3v) is 5.60. The van der Waals surface area contributed by atoms with Crippen LogP contribution in [0.5, 0.6) is 0 Å². The summed E-state index contributed by atoms with van der Waals surface area (Å²) in [6.45, 7) is 3.26. The molecular formula is C11H17NO4S2. The minimum atomic E-state index is -3.49. The first kappa shape index (κ1) is 15.0. The van der Waals surface area contributed by atoms with Crippen molar-refractivity contribution in [1.29, 1.82) is 0 Å². The predicted octanol–water partition coefficient (Wildman–Crippen LogP) is 1.63. The molecule has 102 valence electrons. The van der Waals surface area contributed by atoms with Gasteiger partial charge >= 0.3 is 0 Å². The molecule has 0 aliphatic rings. The van der Waals surface area contributed by atoms with E-state index in [0.717, 1.165) is 0 Å². The van der Waals surface area contributed by atoms with E-state index in [1.165, 1.54) is 19.1 Å². The Balaban J connectivity index is 3.20. The van der Waals surface area contributed by atoms with Crippen LogP contribution in [0.15, 0.2) is 29.2 Å². The van der Waals surface area contributed by atoms with E-state index < -0.39 is 19.9 Å². The third kappa shape index (κ3) is 3.71. The van der Waals surface area contributed by atoms with Crippen molar-refractivity contribution in [3.05, 3.63) is 24.3 Å². The Kier molecular flexibility index (Phi) is 4.75. The number of sulfone groups is 1. The van der Waals surface area contributed by atoms with E-state index in [-0.39, 0.29) is 22.1 Å². The molecule has 1 rings (SSSR count). The summed E-state index contributed by atoms with van der Waals surface area (Å²) in [5.74, 6) is -0.104. The minimum absolute atomic E-state index is 0.0205. The van der Waals surface area contributed by atoms with Gasteiger partial charge in [-0.1, -0.05) is 26.0 Å². The molecule has 0 heterocycles. The molecule has 5 nitrogen and oxygen atoms in total. The second-order valence-corrected chi connectivity index (χ2v) is 7.91. The zero-order valence-corrected chi connectivity index (χ0v) is 12.0. The van der Waals surface area contributed by atoms with Crippen LogP contribution in [0, 0.1) is 0 Å². The van der Waals surface area contributed by atoms with Gasteiger partial charge in [0.05, 0.1) is 22.1 Å². The summed E-state index contributed by atoms with van der Waals surface area (Å²) in [7, 11) is -6.93. The predicted molar refractivity (Wildman–Crippen MR) is 71.9 cm³/mol. The van der Waals surface area contributed by atoms with Gasteiger partial charge in [-0.05, 0) is 18.6 Å². The van der Waals surface area contributed by atoms with Crippen LogP contribution in [-0.2, 0) is 19.9 Å². The lowest BCUT2D eigenvalue weighted by Crippen LogP contribution is -2.18. The standard InChI is InChI=1S/C11H17NO4S2/c1-3-9-18(15,16)12-10-7-5-6-8-11(10)17(13,14)4-2/h5-8,12H,3-4,9H2,1-2H3. The monoisotopic (exact) mass is 291 g/mol. The van der Waals surface area contributed by atoms with Crippen LogP contribution in [0.4, 0.5) is 5.69 Å². The summed E-state index contributed by atoms with van der Waals surface area (Å²) in [5.41, 5.74) is 0.118. The summed E-state index contributed by atoms with van der Waals surface area (Å²) in [6.07, 6.45) is 0.470. The van der Waals surface area contributed by atoms with Gasteiger partial charge in [0.2, 0.25) is 10.0 Å². The van der Waals surface area contributed by atoms with E-state index >= 15 is 0 Å². The Hall–Kier alpha value is -1.08. The van der Waals surface area contributed by atoms with E-state index in [2.05, 4.69) is 4.72 Å². The highest BCUT2D eigenvalue weighted by atomic mass is 32.2. The lowest BCUT2D eigenvalue weighted by atomic mass is 10.3. The van der Waals surface area contributed by atoms with Gasteiger partial charge in [0.1, 0.15) is 0 Å². The molecule has 0 aliphatic carbocycles. The van der Waals surface area contributed by atoms with Crippen molar-refractivity contribution < 1.29 is 16.8 Å². The molecule has 0 atom stereocenters. The van der Waals surface area contributed by atoms with Crippen LogP contribution in [0.2, 0.25) is 0 Å². The van der Waals surface area contributed by atoms with Gasteiger partial charge in [0, 0.05) is 0 Å². The van der Waals surface area contributed by atoms with Gasteiger partial charge in [0.25, 0.3) is 0 Å². The Morgan fingerprint density at radius 2 is 1.67 bits per heavy atom. The summed E-state index contributed by atoms with van der Waals surface area (Å²) >= 11 is 0. The van der Waals surface area contributed by atoms with Crippen molar-refractivity contribution in [1.82, 2.24) is 0 Å². The van der Waals surface area contributed by atoms with Gasteiger partial charge in [-0.3, -0.25) is 4.72 Å². The number of hydrogen-bond donors (Lipinski definition) is 1. The highest BCUT2D eigenvalue weighted by Crippen LogP contribution is 2.23. The fraction of sp³-hybridized carbons (Fsp3) is 0.455. The van der Waals surface area contributed by atoms with Crippen LogP contribution in [0.3, 0.4) is 0 Å². The van der Waals surface area contributed by atoms with Crippen molar-refractivity contribution in [2.45, 2.75) is 25.2 Å². The van der Waals surface area contributed by atoms with Crippen molar-refractivity contribution in [2.75, 3.05) is 16.2 Å². The molecule has 0 spiro atoms. The largest absolute Gasteiger partial charge is 0.282 e. The van der Waals surface area contributed by atoms with Crippen molar-refractivity contribution in [3.8, 4) is 0 Å². The van der Waals surface area contributed by atoms with Crippen molar-refractivity contribution in [3.63, 3.8) is 0 Å². The maximum Gasteiger partial charge on any atom is 0.232 e. The lowest BCUT2D eigenvalue weighted by Gasteiger charge is -2.11. The Bertz CT molecular complexity index is 606. The van der Waals surface area contributed by atoms with Crippen LogP contribution in [-0.4, -0.2) is 28.3 Å². The average Bonchev–Trinajstić information content (AvgIpc) is 2.28. The molecule has 0 aromatic heterocycles. The smallest absolute Gasteiger partial charge is 0.232 e. The molecule has 0 radical (unpaired) electrons. The molecule has 0 aliphatic heterocycles. The summed E-state index contributed by atoms with van der Waals surface area (Å²) in [6, 6.07) is 6.02. The molecule has 0 fully saturated rings. The van der Waals surface area contributed by atoms with Crippen molar-refractivity contribution in [2.24, 2.45) is 0 Å². The Labute approximate surface area is 108 Å². The maximum absolute atomic E-state index is 11.8. The minimum Gasteiger partial charge on any atom is -0.282 e. The van der Waals surface area contributed by atoms with Gasteiger partial charge < -0.3 is 0 Å². The molecule has 7 heteroatoms. The molecular weight excluding hydrogens is 274 g/mol. The molecule has 0 saturated carbocycles. The zero-order chi connectivity index (χ0) is 13.8. The molecule has 0 amide bonds. The molecule has 1 aromatic rings. The van der Waals surface area contributed by atoms with Crippen molar-refractivity contribution >= 4 is 25.5 Å². The topological polar surface area (TPSA) is 80.3 Å². The van der Waals surface area contributed by atoms with Crippen LogP contribution >= 0.6 is 0 Å². The first-order valence-electron chi connectivity index (χ1n) is 5.64. The molecule has 18 heavy (non-hydrogen) atoms.